The molecule has 2 aliphatic carbocycles. The van der Waals surface area contributed by atoms with Crippen LogP contribution < -0.4 is 5.73 Å². The molecule has 2 aliphatic rings. The van der Waals surface area contributed by atoms with Crippen molar-refractivity contribution in [3.8, 4) is 0 Å². The number of hydrogen-bond donors (Lipinski definition) is 1. The van der Waals surface area contributed by atoms with Gasteiger partial charge in [-0.3, -0.25) is 0 Å². The lowest BCUT2D eigenvalue weighted by Crippen LogP contribution is -2.09. The van der Waals surface area contributed by atoms with E-state index in [1.807, 2.05) is 6.07 Å². The monoisotopic (exact) mass is 205 g/mol. The number of fused-ring (bicyclic) bond motifs is 1. The zero-order chi connectivity index (χ0) is 10.4. The molecule has 0 aliphatic heterocycles. The molecule has 2 N–H and O–H groups in total. The molecule has 3 rings (SSSR count). The van der Waals surface area contributed by atoms with Gasteiger partial charge in [-0.25, -0.2) is 4.39 Å². The average Bonchev–Trinajstić information content (AvgIpc) is 3.00. The van der Waals surface area contributed by atoms with Crippen LogP contribution in [0, 0.1) is 11.7 Å². The van der Waals surface area contributed by atoms with Crippen LogP contribution in [-0.2, 0) is 0 Å². The molecule has 1 fully saturated rings. The maximum absolute atomic E-state index is 13.2. The molecule has 0 aromatic heterocycles. The molecule has 2 atom stereocenters. The van der Waals surface area contributed by atoms with E-state index in [-0.39, 0.29) is 5.82 Å². The van der Waals surface area contributed by atoms with Crippen molar-refractivity contribution in [2.24, 2.45) is 11.7 Å². The molecule has 1 nitrogen and oxygen atoms in total. The van der Waals surface area contributed by atoms with E-state index in [4.69, 9.17) is 5.73 Å². The molecule has 0 saturated heterocycles. The van der Waals surface area contributed by atoms with Gasteiger partial charge in [0.2, 0.25) is 0 Å². The Kier molecular flexibility index (Phi) is 2.06. The molecule has 0 amide bonds. The van der Waals surface area contributed by atoms with Gasteiger partial charge in [0.1, 0.15) is 5.82 Å². The van der Waals surface area contributed by atoms with Gasteiger partial charge in [0, 0.05) is 0 Å². The molecule has 1 aromatic carbocycles. The lowest BCUT2D eigenvalue weighted by atomic mass is 9.96. The third-order valence-electron chi connectivity index (χ3n) is 3.90. The Morgan fingerprint density at radius 3 is 2.73 bits per heavy atom. The summed E-state index contributed by atoms with van der Waals surface area (Å²) in [6.45, 7) is 0.696. The molecule has 0 bridgehead atoms. The van der Waals surface area contributed by atoms with Crippen molar-refractivity contribution in [1.29, 1.82) is 0 Å². The van der Waals surface area contributed by atoms with E-state index in [0.29, 0.717) is 18.4 Å². The average molecular weight is 205 g/mol. The van der Waals surface area contributed by atoms with Crippen LogP contribution in [0.15, 0.2) is 18.2 Å². The van der Waals surface area contributed by atoms with Crippen LogP contribution >= 0.6 is 0 Å². The summed E-state index contributed by atoms with van der Waals surface area (Å²) in [6, 6.07) is 5.23. The van der Waals surface area contributed by atoms with Crippen LogP contribution in [0.2, 0.25) is 0 Å². The first-order valence-corrected chi connectivity index (χ1v) is 5.79. The van der Waals surface area contributed by atoms with Gasteiger partial charge < -0.3 is 5.73 Å². The van der Waals surface area contributed by atoms with Crippen molar-refractivity contribution >= 4 is 0 Å². The molecule has 80 valence electrons. The van der Waals surface area contributed by atoms with Gasteiger partial charge in [0.25, 0.3) is 0 Å². The summed E-state index contributed by atoms with van der Waals surface area (Å²) < 4.78 is 13.2. The van der Waals surface area contributed by atoms with Gasteiger partial charge in [-0.05, 0) is 66.8 Å². The summed E-state index contributed by atoms with van der Waals surface area (Å²) in [5, 5.41) is 0. The van der Waals surface area contributed by atoms with Crippen LogP contribution in [0.1, 0.15) is 42.2 Å². The minimum Gasteiger partial charge on any atom is -0.330 e. The molecule has 1 aromatic rings. The van der Waals surface area contributed by atoms with Crippen molar-refractivity contribution in [3.63, 3.8) is 0 Å². The molecule has 15 heavy (non-hydrogen) atoms. The van der Waals surface area contributed by atoms with Crippen LogP contribution in [0.5, 0.6) is 0 Å². The highest BCUT2D eigenvalue weighted by Gasteiger charge is 2.39. The fraction of sp³-hybridized carbons (Fsp3) is 0.538. The highest BCUT2D eigenvalue weighted by molar-refractivity contribution is 5.40. The van der Waals surface area contributed by atoms with E-state index < -0.39 is 0 Å². The Hall–Kier alpha value is -0.890. The molecule has 0 spiro atoms. The molecule has 0 radical (unpaired) electrons. The summed E-state index contributed by atoms with van der Waals surface area (Å²) in [6.07, 6.45) is 3.77. The highest BCUT2D eigenvalue weighted by Crippen LogP contribution is 2.52. The van der Waals surface area contributed by atoms with Crippen LogP contribution in [0.3, 0.4) is 0 Å². The lowest BCUT2D eigenvalue weighted by molar-refractivity contribution is 0.543. The fourth-order valence-corrected chi connectivity index (χ4v) is 2.97. The van der Waals surface area contributed by atoms with Crippen molar-refractivity contribution in [2.75, 3.05) is 6.54 Å². The van der Waals surface area contributed by atoms with Crippen LogP contribution in [-0.4, -0.2) is 6.54 Å². The standard InChI is InChI=1S/C13H16FN/c14-10-3-4-11-9(7-15)5-12(8-1-2-8)13(11)6-10/h3-4,6,8-9,12H,1-2,5,7,15H2. The topological polar surface area (TPSA) is 26.0 Å². The zero-order valence-electron chi connectivity index (χ0n) is 8.75. The van der Waals surface area contributed by atoms with Gasteiger partial charge in [-0.1, -0.05) is 6.07 Å². The van der Waals surface area contributed by atoms with Crippen molar-refractivity contribution in [1.82, 2.24) is 0 Å². The van der Waals surface area contributed by atoms with E-state index in [1.54, 1.807) is 12.1 Å². The number of hydrogen-bond acceptors (Lipinski definition) is 1. The minimum atomic E-state index is -0.0999. The van der Waals surface area contributed by atoms with E-state index in [1.165, 1.54) is 24.0 Å². The van der Waals surface area contributed by atoms with Gasteiger partial charge >= 0.3 is 0 Å². The summed E-state index contributed by atoms with van der Waals surface area (Å²) in [5.41, 5.74) is 8.32. The number of halogens is 1. The van der Waals surface area contributed by atoms with E-state index in [9.17, 15) is 4.39 Å². The Morgan fingerprint density at radius 2 is 2.07 bits per heavy atom. The van der Waals surface area contributed by atoms with E-state index in [0.717, 1.165) is 12.3 Å². The smallest absolute Gasteiger partial charge is 0.123 e. The zero-order valence-corrected chi connectivity index (χ0v) is 8.75. The summed E-state index contributed by atoms with van der Waals surface area (Å²) in [5.74, 6) is 1.76. The van der Waals surface area contributed by atoms with E-state index in [2.05, 4.69) is 0 Å². The quantitative estimate of drug-likeness (QED) is 0.789. The SMILES string of the molecule is NCC1CC(C2CC2)c2cc(F)ccc21. The van der Waals surface area contributed by atoms with Crippen LogP contribution in [0.4, 0.5) is 4.39 Å². The molecule has 0 heterocycles. The summed E-state index contributed by atoms with van der Waals surface area (Å²) >= 11 is 0. The van der Waals surface area contributed by atoms with Gasteiger partial charge in [-0.15, -0.1) is 0 Å². The molecule has 2 heteroatoms. The first-order chi connectivity index (χ1) is 7.29. The third-order valence-corrected chi connectivity index (χ3v) is 3.90. The first-order valence-electron chi connectivity index (χ1n) is 5.79. The molecule has 1 saturated carbocycles. The summed E-state index contributed by atoms with van der Waals surface area (Å²) in [7, 11) is 0. The largest absolute Gasteiger partial charge is 0.330 e. The maximum Gasteiger partial charge on any atom is 0.123 e. The van der Waals surface area contributed by atoms with Crippen molar-refractivity contribution in [2.45, 2.75) is 31.1 Å². The van der Waals surface area contributed by atoms with Crippen molar-refractivity contribution in [3.05, 3.63) is 35.1 Å². The van der Waals surface area contributed by atoms with Gasteiger partial charge in [-0.2, -0.15) is 0 Å². The minimum absolute atomic E-state index is 0.0999. The third kappa shape index (κ3) is 1.48. The molecular formula is C13H16FN. The second-order valence-corrected chi connectivity index (χ2v) is 4.89. The van der Waals surface area contributed by atoms with Gasteiger partial charge in [0.15, 0.2) is 0 Å². The number of rotatable bonds is 2. The Labute approximate surface area is 89.5 Å². The van der Waals surface area contributed by atoms with Gasteiger partial charge in [0.05, 0.1) is 0 Å². The Morgan fingerprint density at radius 1 is 1.27 bits per heavy atom. The Balaban J connectivity index is 2.02. The van der Waals surface area contributed by atoms with E-state index >= 15 is 0 Å². The fourth-order valence-electron chi connectivity index (χ4n) is 2.97. The van der Waals surface area contributed by atoms with Crippen LogP contribution in [0.25, 0.3) is 0 Å². The highest BCUT2D eigenvalue weighted by atomic mass is 19.1. The summed E-state index contributed by atoms with van der Waals surface area (Å²) in [4.78, 5) is 0. The molecule has 2 unspecified atom stereocenters. The second-order valence-electron chi connectivity index (χ2n) is 4.89. The molecular weight excluding hydrogens is 189 g/mol. The van der Waals surface area contributed by atoms with Crippen molar-refractivity contribution < 1.29 is 4.39 Å². The lowest BCUT2D eigenvalue weighted by Gasteiger charge is -2.09. The Bertz CT molecular complexity index is 384. The predicted octanol–water partition coefficient (Wildman–Crippen LogP) is 2.77. The first kappa shape index (κ1) is 9.34. The predicted molar refractivity (Wildman–Crippen MR) is 58.3 cm³/mol. The number of benzene rings is 1. The number of nitrogens with two attached hydrogens (primary N) is 1. The normalized spacial score (nSPS) is 29.2. The second kappa shape index (κ2) is 3.31. The maximum atomic E-state index is 13.2.